The van der Waals surface area contributed by atoms with Gasteiger partial charge in [0.05, 0.1) is 8.99 Å². The van der Waals surface area contributed by atoms with E-state index in [0.717, 1.165) is 14.0 Å². The average molecular weight is 383 g/mol. The van der Waals surface area contributed by atoms with Crippen molar-refractivity contribution in [2.75, 3.05) is 0 Å². The second-order valence-corrected chi connectivity index (χ2v) is 6.85. The van der Waals surface area contributed by atoms with E-state index in [1.807, 2.05) is 11.4 Å². The second kappa shape index (κ2) is 5.65. The third kappa shape index (κ3) is 3.40. The van der Waals surface area contributed by atoms with Gasteiger partial charge in [0.1, 0.15) is 5.82 Å². The molecule has 0 aliphatic carbocycles. The molecule has 0 aliphatic rings. The Morgan fingerprint density at radius 2 is 2.18 bits per heavy atom. The van der Waals surface area contributed by atoms with Crippen molar-refractivity contribution in [1.29, 1.82) is 0 Å². The van der Waals surface area contributed by atoms with Gasteiger partial charge >= 0.3 is 0 Å². The van der Waals surface area contributed by atoms with Gasteiger partial charge < -0.3 is 5.11 Å². The molecule has 2 rings (SSSR count). The van der Waals surface area contributed by atoms with Crippen LogP contribution in [0.25, 0.3) is 0 Å². The lowest BCUT2D eigenvalue weighted by molar-refractivity contribution is 0.179. The Labute approximate surface area is 121 Å². The summed E-state index contributed by atoms with van der Waals surface area (Å²) >= 11 is 9.71. The first-order chi connectivity index (χ1) is 8.06. The number of hydrogen-bond acceptors (Lipinski definition) is 2. The van der Waals surface area contributed by atoms with E-state index in [0.29, 0.717) is 11.4 Å². The molecule has 0 spiro atoms. The van der Waals surface area contributed by atoms with Gasteiger partial charge in [0.2, 0.25) is 0 Å². The Bertz CT molecular complexity index is 529. The molecule has 1 nitrogen and oxygen atoms in total. The number of halogens is 3. The van der Waals surface area contributed by atoms with Crippen LogP contribution in [0.3, 0.4) is 0 Å². The molecular formula is C12H9ClFIOS. The van der Waals surface area contributed by atoms with Gasteiger partial charge in [-0.1, -0.05) is 17.7 Å². The largest absolute Gasteiger partial charge is 0.388 e. The van der Waals surface area contributed by atoms with E-state index in [1.54, 1.807) is 17.4 Å². The van der Waals surface area contributed by atoms with Gasteiger partial charge in [-0.05, 0) is 57.3 Å². The first kappa shape index (κ1) is 13.3. The summed E-state index contributed by atoms with van der Waals surface area (Å²) in [6, 6.07) is 6.16. The van der Waals surface area contributed by atoms with E-state index in [4.69, 9.17) is 11.6 Å². The van der Waals surface area contributed by atoms with Crippen LogP contribution in [0.15, 0.2) is 29.6 Å². The molecule has 2 aromatic rings. The predicted octanol–water partition coefficient (Wildman–Crippen LogP) is 4.42. The van der Waals surface area contributed by atoms with Crippen LogP contribution < -0.4 is 0 Å². The van der Waals surface area contributed by atoms with Crippen molar-refractivity contribution in [3.8, 4) is 0 Å². The van der Waals surface area contributed by atoms with E-state index in [-0.39, 0.29) is 5.82 Å². The summed E-state index contributed by atoms with van der Waals surface area (Å²) in [4.78, 5) is 0. The molecule has 1 aromatic carbocycles. The molecule has 1 heterocycles. The van der Waals surface area contributed by atoms with E-state index in [9.17, 15) is 9.50 Å². The maximum atomic E-state index is 12.9. The second-order valence-electron chi connectivity index (χ2n) is 3.64. The van der Waals surface area contributed by atoms with Crippen molar-refractivity contribution in [3.05, 3.63) is 54.5 Å². The summed E-state index contributed by atoms with van der Waals surface area (Å²) in [6.45, 7) is 0. The Hall–Kier alpha value is -0.170. The van der Waals surface area contributed by atoms with Crippen LogP contribution in [-0.2, 0) is 6.42 Å². The molecular weight excluding hydrogens is 374 g/mol. The molecule has 5 heteroatoms. The summed E-state index contributed by atoms with van der Waals surface area (Å²) in [5.41, 5.74) is 1.63. The fourth-order valence-electron chi connectivity index (χ4n) is 1.51. The summed E-state index contributed by atoms with van der Waals surface area (Å²) in [5, 5.41) is 12.3. The van der Waals surface area contributed by atoms with Crippen molar-refractivity contribution in [3.63, 3.8) is 0 Å². The van der Waals surface area contributed by atoms with Crippen molar-refractivity contribution in [2.45, 2.75) is 12.5 Å². The molecule has 0 fully saturated rings. The highest BCUT2D eigenvalue weighted by Crippen LogP contribution is 2.27. The monoisotopic (exact) mass is 382 g/mol. The fraction of sp³-hybridized carbons (Fsp3) is 0.167. The lowest BCUT2D eigenvalue weighted by atomic mass is 10.0. The van der Waals surface area contributed by atoms with Crippen LogP contribution in [-0.4, -0.2) is 5.11 Å². The average Bonchev–Trinajstić information content (AvgIpc) is 2.69. The first-order valence-electron chi connectivity index (χ1n) is 4.92. The number of aliphatic hydroxyl groups is 1. The van der Waals surface area contributed by atoms with Crippen LogP contribution >= 0.6 is 45.5 Å². The zero-order chi connectivity index (χ0) is 12.4. The summed E-state index contributed by atoms with van der Waals surface area (Å²) in [7, 11) is 0. The molecule has 0 saturated carbocycles. The van der Waals surface area contributed by atoms with Crippen LogP contribution in [0.1, 0.15) is 17.2 Å². The van der Waals surface area contributed by atoms with E-state index < -0.39 is 6.10 Å². The van der Waals surface area contributed by atoms with E-state index in [1.165, 1.54) is 12.1 Å². The Kier molecular flexibility index (Phi) is 4.41. The molecule has 0 aliphatic heterocycles. The van der Waals surface area contributed by atoms with Crippen LogP contribution in [0, 0.1) is 8.70 Å². The van der Waals surface area contributed by atoms with Crippen molar-refractivity contribution >= 4 is 45.5 Å². The molecule has 1 atom stereocenters. The molecule has 0 saturated heterocycles. The van der Waals surface area contributed by atoms with Crippen molar-refractivity contribution in [1.82, 2.24) is 0 Å². The van der Waals surface area contributed by atoms with Crippen molar-refractivity contribution in [2.24, 2.45) is 0 Å². The molecule has 1 unspecified atom stereocenters. The minimum absolute atomic E-state index is 0.356. The highest BCUT2D eigenvalue weighted by atomic mass is 127. The highest BCUT2D eigenvalue weighted by Gasteiger charge is 2.12. The third-order valence-electron chi connectivity index (χ3n) is 2.40. The molecule has 0 radical (unpaired) electrons. The van der Waals surface area contributed by atoms with Crippen LogP contribution in [0.4, 0.5) is 4.39 Å². The Balaban J connectivity index is 2.15. The normalized spacial score (nSPS) is 12.7. The molecule has 17 heavy (non-hydrogen) atoms. The quantitative estimate of drug-likeness (QED) is 0.779. The fourth-order valence-corrected chi connectivity index (χ4v) is 3.17. The van der Waals surface area contributed by atoms with Crippen LogP contribution in [0.5, 0.6) is 0 Å². The van der Waals surface area contributed by atoms with Gasteiger partial charge in [-0.3, -0.25) is 0 Å². The number of hydrogen-bond donors (Lipinski definition) is 1. The van der Waals surface area contributed by atoms with Crippen molar-refractivity contribution < 1.29 is 9.50 Å². The minimum atomic E-state index is -0.599. The summed E-state index contributed by atoms with van der Waals surface area (Å²) in [6.07, 6.45) is -0.205. The topological polar surface area (TPSA) is 20.2 Å². The summed E-state index contributed by atoms with van der Waals surface area (Å²) in [5.74, 6) is -0.363. The van der Waals surface area contributed by atoms with Gasteiger partial charge in [0, 0.05) is 11.4 Å². The van der Waals surface area contributed by atoms with Gasteiger partial charge in [0.25, 0.3) is 0 Å². The van der Waals surface area contributed by atoms with Gasteiger partial charge in [-0.15, -0.1) is 11.3 Å². The van der Waals surface area contributed by atoms with E-state index >= 15 is 0 Å². The SMILES string of the molecule is OC(Cc1ccc(F)cc1Cl)c1csc(I)c1. The molecule has 0 bridgehead atoms. The lowest BCUT2D eigenvalue weighted by Crippen LogP contribution is -2.01. The maximum absolute atomic E-state index is 12.9. The zero-order valence-corrected chi connectivity index (χ0v) is 12.4. The smallest absolute Gasteiger partial charge is 0.124 e. The van der Waals surface area contributed by atoms with Gasteiger partial charge in [-0.25, -0.2) is 4.39 Å². The Morgan fingerprint density at radius 3 is 2.76 bits per heavy atom. The Morgan fingerprint density at radius 1 is 1.41 bits per heavy atom. The standard InChI is InChI=1S/C12H9ClFIOS/c13-10-5-9(14)2-1-7(10)3-11(16)8-4-12(15)17-6-8/h1-2,4-6,11,16H,3H2. The van der Waals surface area contributed by atoms with Crippen LogP contribution in [0.2, 0.25) is 5.02 Å². The van der Waals surface area contributed by atoms with E-state index in [2.05, 4.69) is 22.6 Å². The molecule has 1 N–H and O–H groups in total. The highest BCUT2D eigenvalue weighted by molar-refractivity contribution is 14.1. The lowest BCUT2D eigenvalue weighted by Gasteiger charge is -2.10. The van der Waals surface area contributed by atoms with Gasteiger partial charge in [0.15, 0.2) is 0 Å². The summed E-state index contributed by atoms with van der Waals surface area (Å²) < 4.78 is 14.0. The number of benzene rings is 1. The number of thiophene rings is 1. The maximum Gasteiger partial charge on any atom is 0.124 e. The molecule has 1 aromatic heterocycles. The molecule has 90 valence electrons. The molecule has 0 amide bonds. The first-order valence-corrected chi connectivity index (χ1v) is 7.26. The van der Waals surface area contributed by atoms with Gasteiger partial charge in [-0.2, -0.15) is 0 Å². The number of aliphatic hydroxyl groups excluding tert-OH is 1. The minimum Gasteiger partial charge on any atom is -0.388 e. The predicted molar refractivity (Wildman–Crippen MR) is 77.1 cm³/mol. The number of rotatable bonds is 3. The zero-order valence-electron chi connectivity index (χ0n) is 8.66. The third-order valence-corrected chi connectivity index (χ3v) is 4.56.